The molecule has 1 aliphatic rings. The number of esters is 2. The minimum Gasteiger partial charge on any atom is -0.462 e. The predicted molar refractivity (Wildman–Crippen MR) is 266 cm³/mol. The molecule has 66 heavy (non-hydrogen) atoms. The van der Waals surface area contributed by atoms with Crippen LogP contribution in [-0.4, -0.2) is 96.0 Å². The Balaban J connectivity index is 2.35. The lowest BCUT2D eigenvalue weighted by atomic mass is 10.00. The minimum atomic E-state index is -4.61. The monoisotopic (exact) mass is 957 g/mol. The minimum absolute atomic E-state index is 0.142. The van der Waals surface area contributed by atoms with E-state index < -0.39 is 71.2 Å². The Bertz CT molecular complexity index is 1350. The predicted octanol–water partition coefficient (Wildman–Crippen LogP) is 12.1. The van der Waals surface area contributed by atoms with Crippen LogP contribution in [0.2, 0.25) is 0 Å². The summed E-state index contributed by atoms with van der Waals surface area (Å²) >= 11 is 0. The van der Waals surface area contributed by atoms with Crippen molar-refractivity contribution in [3.8, 4) is 0 Å². The third-order valence-electron chi connectivity index (χ3n) is 12.2. The van der Waals surface area contributed by atoms with Crippen LogP contribution in [0.1, 0.15) is 232 Å². The molecule has 1 rings (SSSR count). The molecule has 1 heterocycles. The van der Waals surface area contributed by atoms with Crippen molar-refractivity contribution >= 4 is 22.1 Å². The van der Waals surface area contributed by atoms with Crippen LogP contribution >= 0.6 is 0 Å². The van der Waals surface area contributed by atoms with Crippen molar-refractivity contribution in [3.63, 3.8) is 0 Å². The second-order valence-electron chi connectivity index (χ2n) is 18.6. The van der Waals surface area contributed by atoms with E-state index in [1.807, 2.05) is 0 Å². The van der Waals surface area contributed by atoms with Gasteiger partial charge >= 0.3 is 11.9 Å². The number of hydrogen-bond acceptors (Lipinski definition) is 11. The lowest BCUT2D eigenvalue weighted by Crippen LogP contribution is -2.60. The number of carbonyl (C=O) groups excluding carboxylic acids is 2. The van der Waals surface area contributed by atoms with Gasteiger partial charge in [-0.2, -0.15) is 8.42 Å². The fourth-order valence-corrected chi connectivity index (χ4v) is 8.78. The smallest absolute Gasteiger partial charge is 0.306 e. The van der Waals surface area contributed by atoms with E-state index in [2.05, 4.69) is 50.3 Å². The van der Waals surface area contributed by atoms with Gasteiger partial charge in [0.1, 0.15) is 36.8 Å². The van der Waals surface area contributed by atoms with Crippen molar-refractivity contribution in [2.75, 3.05) is 19.0 Å². The molecule has 1 saturated heterocycles. The molecule has 0 amide bonds. The van der Waals surface area contributed by atoms with Gasteiger partial charge in [0.25, 0.3) is 10.1 Å². The van der Waals surface area contributed by atoms with Gasteiger partial charge in [-0.3, -0.25) is 14.1 Å². The van der Waals surface area contributed by atoms with Crippen LogP contribution < -0.4 is 0 Å². The number of aliphatic hydroxyl groups is 3. The molecule has 13 heteroatoms. The molecule has 0 saturated carbocycles. The lowest BCUT2D eigenvalue weighted by Gasteiger charge is -2.40. The van der Waals surface area contributed by atoms with Crippen LogP contribution in [0.25, 0.3) is 0 Å². The first kappa shape index (κ1) is 61.9. The first-order valence-corrected chi connectivity index (χ1v) is 28.2. The van der Waals surface area contributed by atoms with Crippen LogP contribution in [0.15, 0.2) is 36.5 Å². The summed E-state index contributed by atoms with van der Waals surface area (Å²) in [5.74, 6) is -2.04. The SMILES string of the molecule is CCCCCC/C=C/C=C/CCCCCCCC(=O)O[C@H](COC(=O)CCC/C=C/CCCCCCCCCCCCCCCCCCCC)CO[C@H]1O[C@H](CS(=O)(=O)O)[C@@H](O)C(O)C1O. The fraction of sp³-hybridized carbons (Fsp3) is 0.849. The second kappa shape index (κ2) is 42.9. The quantitative estimate of drug-likeness (QED) is 0.0149. The maximum atomic E-state index is 12.8. The Kier molecular flexibility index (Phi) is 40.3. The highest BCUT2D eigenvalue weighted by Crippen LogP contribution is 2.24. The molecule has 1 aliphatic heterocycles. The lowest BCUT2D eigenvalue weighted by molar-refractivity contribution is -0.297. The summed E-state index contributed by atoms with van der Waals surface area (Å²) in [6, 6.07) is 0. The summed E-state index contributed by atoms with van der Waals surface area (Å²) in [5.41, 5.74) is 0. The molecule has 0 bridgehead atoms. The standard InChI is InChI=1S/C53H96O12S/c1-3-5-7-9-11-13-15-17-19-20-21-22-23-24-25-26-28-29-31-33-35-37-39-41-48(54)62-43-46(44-63-53-52(58)51(57)50(56)47(65-53)45-66(59,60)61)64-49(55)42-40-38-36-34-32-30-27-18-16-14-12-10-8-6-4-2/h14,16,18,27,33,35,46-47,50-53,56-58H,3-13,15,17,19-26,28-32,34,36-45H2,1-2H3,(H,59,60,61)/b16-14+,27-18+,35-33+/t46-,47-,50-,51?,52?,53+/m1/s1. The van der Waals surface area contributed by atoms with Crippen LogP contribution in [0.3, 0.4) is 0 Å². The summed E-state index contributed by atoms with van der Waals surface area (Å²) in [6.07, 6.45) is 42.0. The van der Waals surface area contributed by atoms with Crippen LogP contribution in [0, 0.1) is 0 Å². The fourth-order valence-electron chi connectivity index (χ4n) is 8.08. The zero-order chi connectivity index (χ0) is 48.4. The zero-order valence-corrected chi connectivity index (χ0v) is 42.4. The first-order valence-electron chi connectivity index (χ1n) is 26.6. The first-order chi connectivity index (χ1) is 32.0. The average Bonchev–Trinajstić information content (AvgIpc) is 3.28. The summed E-state index contributed by atoms with van der Waals surface area (Å²) in [5, 5.41) is 31.0. The molecule has 1 fully saturated rings. The Hall–Kier alpha value is -2.13. The van der Waals surface area contributed by atoms with Crippen molar-refractivity contribution < 1.29 is 56.8 Å². The van der Waals surface area contributed by atoms with Crippen molar-refractivity contribution in [2.45, 2.75) is 269 Å². The van der Waals surface area contributed by atoms with E-state index in [1.54, 1.807) is 0 Å². The number of ether oxygens (including phenoxy) is 4. The van der Waals surface area contributed by atoms with Gasteiger partial charge in [-0.05, 0) is 57.8 Å². The van der Waals surface area contributed by atoms with E-state index in [9.17, 15) is 37.9 Å². The summed E-state index contributed by atoms with van der Waals surface area (Å²) < 4.78 is 54.2. The van der Waals surface area contributed by atoms with Gasteiger partial charge < -0.3 is 34.3 Å². The van der Waals surface area contributed by atoms with Crippen LogP contribution in [-0.2, 0) is 38.7 Å². The Morgan fingerprint density at radius 1 is 0.515 bits per heavy atom. The molecule has 0 aromatic rings. The van der Waals surface area contributed by atoms with E-state index in [4.69, 9.17) is 18.9 Å². The van der Waals surface area contributed by atoms with Gasteiger partial charge in [0.2, 0.25) is 0 Å². The second-order valence-corrected chi connectivity index (χ2v) is 20.1. The Morgan fingerprint density at radius 3 is 1.41 bits per heavy atom. The maximum Gasteiger partial charge on any atom is 0.306 e. The van der Waals surface area contributed by atoms with Crippen molar-refractivity contribution in [3.05, 3.63) is 36.5 Å². The van der Waals surface area contributed by atoms with Crippen molar-refractivity contribution in [2.24, 2.45) is 0 Å². The summed E-state index contributed by atoms with van der Waals surface area (Å²) in [4.78, 5) is 25.5. The van der Waals surface area contributed by atoms with Crippen molar-refractivity contribution in [1.82, 2.24) is 0 Å². The number of carbonyl (C=O) groups is 2. The topological polar surface area (TPSA) is 186 Å². The molecule has 4 N–H and O–H groups in total. The van der Waals surface area contributed by atoms with Gasteiger partial charge in [0, 0.05) is 12.8 Å². The van der Waals surface area contributed by atoms with Gasteiger partial charge in [0.15, 0.2) is 12.4 Å². The summed E-state index contributed by atoms with van der Waals surface area (Å²) in [7, 11) is -4.61. The van der Waals surface area contributed by atoms with E-state index in [0.29, 0.717) is 12.8 Å². The van der Waals surface area contributed by atoms with Crippen LogP contribution in [0.5, 0.6) is 0 Å². The van der Waals surface area contributed by atoms with E-state index in [1.165, 1.54) is 141 Å². The highest BCUT2D eigenvalue weighted by molar-refractivity contribution is 7.85. The molecule has 0 aromatic carbocycles. The number of unbranched alkanes of at least 4 members (excludes halogenated alkanes) is 28. The molecule has 0 radical (unpaired) electrons. The molecule has 2 unspecified atom stereocenters. The Labute approximate surface area is 401 Å². The number of allylic oxidation sites excluding steroid dienone is 6. The van der Waals surface area contributed by atoms with Gasteiger partial charge in [0.05, 0.1) is 6.61 Å². The average molecular weight is 957 g/mol. The summed E-state index contributed by atoms with van der Waals surface area (Å²) in [6.45, 7) is 3.74. The van der Waals surface area contributed by atoms with Gasteiger partial charge in [-0.15, -0.1) is 0 Å². The van der Waals surface area contributed by atoms with Crippen molar-refractivity contribution in [1.29, 1.82) is 0 Å². The highest BCUT2D eigenvalue weighted by Gasteiger charge is 2.46. The van der Waals surface area contributed by atoms with E-state index in [-0.39, 0.29) is 19.4 Å². The van der Waals surface area contributed by atoms with Gasteiger partial charge in [-0.25, -0.2) is 0 Å². The molecule has 6 atom stereocenters. The number of hydrogen-bond donors (Lipinski definition) is 4. The molecule has 0 spiro atoms. The molecule has 386 valence electrons. The maximum absolute atomic E-state index is 12.8. The largest absolute Gasteiger partial charge is 0.462 e. The zero-order valence-electron chi connectivity index (χ0n) is 41.6. The van der Waals surface area contributed by atoms with E-state index >= 15 is 0 Å². The van der Waals surface area contributed by atoms with E-state index in [0.717, 1.165) is 51.4 Å². The molecular formula is C53H96O12S. The molecular weight excluding hydrogens is 861 g/mol. The normalized spacial score (nSPS) is 19.6. The number of rotatable bonds is 45. The third kappa shape index (κ3) is 36.9. The molecule has 0 aromatic heterocycles. The van der Waals surface area contributed by atoms with Crippen LogP contribution in [0.4, 0.5) is 0 Å². The van der Waals surface area contributed by atoms with Gasteiger partial charge in [-0.1, -0.05) is 198 Å². The Morgan fingerprint density at radius 2 is 0.924 bits per heavy atom. The number of aliphatic hydroxyl groups excluding tert-OH is 3. The third-order valence-corrected chi connectivity index (χ3v) is 13.0. The molecule has 0 aliphatic carbocycles. The molecule has 12 nitrogen and oxygen atoms in total. The highest BCUT2D eigenvalue weighted by atomic mass is 32.2.